The van der Waals surface area contributed by atoms with Gasteiger partial charge < -0.3 is 0 Å². The SMILES string of the molecule is O=[N+]([O-])c1ccc(-c2ccccn2)cc1[N+](=O)[O-].O=[N+]([O-])c1ccncc1Cc1ccccc1. The van der Waals surface area contributed by atoms with Crippen molar-refractivity contribution in [1.82, 2.24) is 9.97 Å². The minimum atomic E-state index is -0.777. The smallest absolute Gasteiger partial charge is 0.264 e. The highest BCUT2D eigenvalue weighted by atomic mass is 16.6. The van der Waals surface area contributed by atoms with Crippen LogP contribution >= 0.6 is 0 Å². The van der Waals surface area contributed by atoms with E-state index in [9.17, 15) is 30.3 Å². The van der Waals surface area contributed by atoms with Crippen LogP contribution in [0.3, 0.4) is 0 Å². The molecule has 0 aliphatic rings. The van der Waals surface area contributed by atoms with Crippen LogP contribution < -0.4 is 0 Å². The van der Waals surface area contributed by atoms with E-state index in [-0.39, 0.29) is 10.6 Å². The quantitative estimate of drug-likeness (QED) is 0.283. The van der Waals surface area contributed by atoms with Gasteiger partial charge in [-0.1, -0.05) is 36.4 Å². The Hall–Kier alpha value is -5.06. The van der Waals surface area contributed by atoms with Gasteiger partial charge in [0.1, 0.15) is 0 Å². The molecule has 0 amide bonds. The number of hydrogen-bond acceptors (Lipinski definition) is 8. The van der Waals surface area contributed by atoms with Crippen molar-refractivity contribution in [1.29, 1.82) is 0 Å². The highest BCUT2D eigenvalue weighted by Gasteiger charge is 2.24. The molecule has 0 saturated carbocycles. The molecule has 34 heavy (non-hydrogen) atoms. The second kappa shape index (κ2) is 11.0. The number of aromatic nitrogens is 2. The Labute approximate surface area is 192 Å². The normalized spacial score (nSPS) is 10.0. The first-order valence-electron chi connectivity index (χ1n) is 9.82. The Morgan fingerprint density at radius 1 is 0.676 bits per heavy atom. The predicted octanol–water partition coefficient (Wildman–Crippen LogP) is 5.15. The van der Waals surface area contributed by atoms with Crippen molar-refractivity contribution < 1.29 is 14.8 Å². The average molecular weight is 459 g/mol. The Kier molecular flexibility index (Phi) is 7.63. The number of nitrogens with zero attached hydrogens (tertiary/aromatic N) is 5. The zero-order valence-electron chi connectivity index (χ0n) is 17.6. The molecule has 11 nitrogen and oxygen atoms in total. The van der Waals surface area contributed by atoms with E-state index in [1.165, 1.54) is 18.3 Å². The molecule has 0 unspecified atom stereocenters. The molecular weight excluding hydrogens is 442 g/mol. The van der Waals surface area contributed by atoms with Crippen LogP contribution in [0.2, 0.25) is 0 Å². The number of benzene rings is 2. The Morgan fingerprint density at radius 2 is 1.35 bits per heavy atom. The number of pyridine rings is 2. The fraction of sp³-hybridized carbons (Fsp3) is 0.0435. The highest BCUT2D eigenvalue weighted by Crippen LogP contribution is 2.31. The lowest BCUT2D eigenvalue weighted by Gasteiger charge is -2.01. The van der Waals surface area contributed by atoms with Crippen LogP contribution in [0.15, 0.2) is 91.4 Å². The van der Waals surface area contributed by atoms with Gasteiger partial charge in [-0.3, -0.25) is 40.3 Å². The van der Waals surface area contributed by atoms with E-state index in [0.29, 0.717) is 23.2 Å². The van der Waals surface area contributed by atoms with Gasteiger partial charge in [0.25, 0.3) is 5.69 Å². The molecule has 170 valence electrons. The fourth-order valence-electron chi connectivity index (χ4n) is 3.07. The second-order valence-corrected chi connectivity index (χ2v) is 6.86. The van der Waals surface area contributed by atoms with Crippen LogP contribution in [0.5, 0.6) is 0 Å². The fourth-order valence-corrected chi connectivity index (χ4v) is 3.07. The first kappa shape index (κ1) is 23.6. The summed E-state index contributed by atoms with van der Waals surface area (Å²) in [5.41, 5.74) is 1.72. The molecule has 4 aromatic rings. The van der Waals surface area contributed by atoms with E-state index in [1.807, 2.05) is 30.3 Å². The molecule has 0 radical (unpaired) electrons. The Bertz CT molecular complexity index is 1320. The summed E-state index contributed by atoms with van der Waals surface area (Å²) in [6.45, 7) is 0. The molecule has 11 heteroatoms. The van der Waals surface area contributed by atoms with Crippen molar-refractivity contribution >= 4 is 17.1 Å². The van der Waals surface area contributed by atoms with Crippen LogP contribution in [-0.2, 0) is 6.42 Å². The summed E-state index contributed by atoms with van der Waals surface area (Å²) in [7, 11) is 0. The van der Waals surface area contributed by atoms with E-state index in [1.54, 1.807) is 30.6 Å². The first-order valence-corrected chi connectivity index (χ1v) is 9.82. The zero-order chi connectivity index (χ0) is 24.5. The molecule has 2 aromatic heterocycles. The summed E-state index contributed by atoms with van der Waals surface area (Å²) in [4.78, 5) is 38.3. The zero-order valence-corrected chi connectivity index (χ0v) is 17.6. The molecule has 0 saturated heterocycles. The third-order valence-corrected chi connectivity index (χ3v) is 4.64. The van der Waals surface area contributed by atoms with Crippen molar-refractivity contribution in [2.24, 2.45) is 0 Å². The molecule has 0 aliphatic carbocycles. The van der Waals surface area contributed by atoms with E-state index >= 15 is 0 Å². The maximum atomic E-state index is 10.8. The lowest BCUT2D eigenvalue weighted by Crippen LogP contribution is -1.97. The van der Waals surface area contributed by atoms with Gasteiger partial charge in [-0.05, 0) is 23.8 Å². The average Bonchev–Trinajstić information content (AvgIpc) is 2.85. The number of hydrogen-bond donors (Lipinski definition) is 0. The summed E-state index contributed by atoms with van der Waals surface area (Å²) >= 11 is 0. The molecular formula is C23H17N5O6. The Morgan fingerprint density at radius 3 is 1.97 bits per heavy atom. The Balaban J connectivity index is 0.000000192. The minimum absolute atomic E-state index is 0.124. The number of nitro groups is 3. The van der Waals surface area contributed by atoms with E-state index in [4.69, 9.17) is 0 Å². The van der Waals surface area contributed by atoms with Crippen LogP contribution in [0.4, 0.5) is 17.1 Å². The van der Waals surface area contributed by atoms with Crippen LogP contribution in [0, 0.1) is 30.3 Å². The first-order chi connectivity index (χ1) is 16.4. The van der Waals surface area contributed by atoms with Gasteiger partial charge >= 0.3 is 11.4 Å². The maximum absolute atomic E-state index is 10.8. The van der Waals surface area contributed by atoms with E-state index in [2.05, 4.69) is 9.97 Å². The van der Waals surface area contributed by atoms with E-state index < -0.39 is 21.2 Å². The van der Waals surface area contributed by atoms with Gasteiger partial charge in [0.15, 0.2) is 0 Å². The molecule has 0 aliphatic heterocycles. The van der Waals surface area contributed by atoms with Crippen LogP contribution in [0.1, 0.15) is 11.1 Å². The van der Waals surface area contributed by atoms with Gasteiger partial charge in [0, 0.05) is 48.8 Å². The van der Waals surface area contributed by atoms with Gasteiger partial charge in [-0.2, -0.15) is 0 Å². The maximum Gasteiger partial charge on any atom is 0.346 e. The topological polar surface area (TPSA) is 155 Å². The van der Waals surface area contributed by atoms with Gasteiger partial charge in [-0.25, -0.2) is 0 Å². The van der Waals surface area contributed by atoms with Crippen molar-refractivity contribution in [3.63, 3.8) is 0 Å². The van der Waals surface area contributed by atoms with Crippen LogP contribution in [0.25, 0.3) is 11.3 Å². The van der Waals surface area contributed by atoms with E-state index in [0.717, 1.165) is 17.7 Å². The highest BCUT2D eigenvalue weighted by molar-refractivity contribution is 5.67. The minimum Gasteiger partial charge on any atom is -0.264 e. The van der Waals surface area contributed by atoms with Crippen molar-refractivity contribution in [3.8, 4) is 11.3 Å². The molecule has 2 aromatic carbocycles. The molecule has 2 heterocycles. The summed E-state index contributed by atoms with van der Waals surface area (Å²) in [6.07, 6.45) is 5.06. The summed E-state index contributed by atoms with van der Waals surface area (Å²) < 4.78 is 0. The second-order valence-electron chi connectivity index (χ2n) is 6.86. The van der Waals surface area contributed by atoms with Crippen molar-refractivity contribution in [2.45, 2.75) is 6.42 Å². The summed E-state index contributed by atoms with van der Waals surface area (Å²) in [6, 6.07) is 19.9. The monoisotopic (exact) mass is 459 g/mol. The molecule has 0 spiro atoms. The van der Waals surface area contributed by atoms with Crippen molar-refractivity contribution in [2.75, 3.05) is 0 Å². The predicted molar refractivity (Wildman–Crippen MR) is 123 cm³/mol. The summed E-state index contributed by atoms with van der Waals surface area (Å²) in [5, 5.41) is 32.2. The number of nitro benzene ring substituents is 2. The van der Waals surface area contributed by atoms with Gasteiger partial charge in [0.2, 0.25) is 0 Å². The summed E-state index contributed by atoms with van der Waals surface area (Å²) in [5.74, 6) is 0. The molecule has 0 bridgehead atoms. The standard InChI is InChI=1S/C12H10N2O2.C11H7N3O4/c15-14(16)12-6-7-13-9-11(12)8-10-4-2-1-3-5-10;15-13(16)10-5-4-8(7-11(10)14(17)18)9-3-1-2-6-12-9/h1-7,9H,8H2;1-7H. The largest absolute Gasteiger partial charge is 0.346 e. The number of rotatable bonds is 6. The van der Waals surface area contributed by atoms with Crippen LogP contribution in [-0.4, -0.2) is 24.7 Å². The van der Waals surface area contributed by atoms with Crippen molar-refractivity contribution in [3.05, 3.63) is 133 Å². The molecule has 0 fully saturated rings. The molecule has 4 rings (SSSR count). The molecule has 0 atom stereocenters. The molecule has 0 N–H and O–H groups in total. The third kappa shape index (κ3) is 6.01. The third-order valence-electron chi connectivity index (χ3n) is 4.64. The van der Waals surface area contributed by atoms with Gasteiger partial charge in [0.05, 0.1) is 26.0 Å². The lowest BCUT2D eigenvalue weighted by molar-refractivity contribution is -0.422. The van der Waals surface area contributed by atoms with Gasteiger partial charge in [-0.15, -0.1) is 0 Å². The lowest BCUT2D eigenvalue weighted by atomic mass is 10.1.